The van der Waals surface area contributed by atoms with Crippen molar-refractivity contribution in [2.45, 2.75) is 6.54 Å². The minimum atomic E-state index is -0.646. The number of anilines is 1. The monoisotopic (exact) mass is 412 g/mol. The highest BCUT2D eigenvalue weighted by atomic mass is 35.5. The van der Waals surface area contributed by atoms with Crippen molar-refractivity contribution in [1.82, 2.24) is 5.32 Å². The third-order valence-corrected chi connectivity index (χ3v) is 4.07. The van der Waals surface area contributed by atoms with E-state index in [4.69, 9.17) is 20.8 Å². The van der Waals surface area contributed by atoms with Crippen LogP contribution in [0, 0.1) is 0 Å². The second kappa shape index (κ2) is 9.57. The van der Waals surface area contributed by atoms with Gasteiger partial charge in [-0.1, -0.05) is 23.7 Å². The van der Waals surface area contributed by atoms with Crippen LogP contribution < -0.4 is 10.6 Å². The standard InChI is InChI=1S/C21H17ClN2O5/c22-16-4-1-3-14(11-16)12-23-19(25)13-29-21(27)15-6-8-17(9-7-15)24-20(26)18-5-2-10-28-18/h1-11H,12-13H2,(H,23,25)(H,24,26). The summed E-state index contributed by atoms with van der Waals surface area (Å²) in [6, 6.07) is 16.3. The normalized spacial score (nSPS) is 10.2. The molecule has 0 atom stereocenters. The van der Waals surface area contributed by atoms with Crippen LogP contribution in [0.1, 0.15) is 26.5 Å². The van der Waals surface area contributed by atoms with E-state index in [2.05, 4.69) is 10.6 Å². The maximum Gasteiger partial charge on any atom is 0.338 e. The molecule has 2 N–H and O–H groups in total. The molecule has 0 fully saturated rings. The molecule has 0 unspecified atom stereocenters. The van der Waals surface area contributed by atoms with Gasteiger partial charge in [0.1, 0.15) is 0 Å². The highest BCUT2D eigenvalue weighted by molar-refractivity contribution is 6.30. The number of carbonyl (C=O) groups is 3. The molecule has 2 amide bonds. The van der Waals surface area contributed by atoms with Crippen molar-refractivity contribution in [3.63, 3.8) is 0 Å². The lowest BCUT2D eigenvalue weighted by Crippen LogP contribution is -2.28. The molecule has 0 bridgehead atoms. The first-order valence-electron chi connectivity index (χ1n) is 8.64. The number of furan rings is 1. The second-order valence-electron chi connectivity index (χ2n) is 5.99. The molecule has 148 valence electrons. The summed E-state index contributed by atoms with van der Waals surface area (Å²) >= 11 is 5.89. The maximum atomic E-state index is 12.1. The molecule has 8 heteroatoms. The van der Waals surface area contributed by atoms with Gasteiger partial charge >= 0.3 is 5.97 Å². The second-order valence-corrected chi connectivity index (χ2v) is 6.43. The molecule has 0 aliphatic heterocycles. The number of benzene rings is 2. The molecule has 0 radical (unpaired) electrons. The van der Waals surface area contributed by atoms with E-state index in [1.807, 2.05) is 6.07 Å². The quantitative estimate of drug-likeness (QED) is 0.577. The SMILES string of the molecule is O=C(COC(=O)c1ccc(NC(=O)c2ccco2)cc1)NCc1cccc(Cl)c1. The molecule has 2 aromatic carbocycles. The third-order valence-electron chi connectivity index (χ3n) is 3.84. The van der Waals surface area contributed by atoms with Gasteiger partial charge < -0.3 is 19.8 Å². The van der Waals surface area contributed by atoms with Gasteiger partial charge in [0, 0.05) is 17.3 Å². The molecule has 0 saturated carbocycles. The number of hydrogen-bond acceptors (Lipinski definition) is 5. The van der Waals surface area contributed by atoms with E-state index < -0.39 is 24.4 Å². The summed E-state index contributed by atoms with van der Waals surface area (Å²) in [4.78, 5) is 35.8. The highest BCUT2D eigenvalue weighted by Crippen LogP contribution is 2.13. The summed E-state index contributed by atoms with van der Waals surface area (Å²) in [7, 11) is 0. The Hall–Kier alpha value is -3.58. The molecule has 3 rings (SSSR count). The van der Waals surface area contributed by atoms with Gasteiger partial charge in [-0.2, -0.15) is 0 Å². The van der Waals surface area contributed by atoms with Gasteiger partial charge in [-0.3, -0.25) is 9.59 Å². The van der Waals surface area contributed by atoms with Gasteiger partial charge in [-0.15, -0.1) is 0 Å². The Kier molecular flexibility index (Phi) is 6.65. The summed E-state index contributed by atoms with van der Waals surface area (Å²) in [5, 5.41) is 5.86. The van der Waals surface area contributed by atoms with Crippen molar-refractivity contribution < 1.29 is 23.5 Å². The van der Waals surface area contributed by atoms with Gasteiger partial charge in [-0.05, 0) is 54.1 Å². The average Bonchev–Trinajstić information content (AvgIpc) is 3.26. The van der Waals surface area contributed by atoms with E-state index in [-0.39, 0.29) is 17.9 Å². The summed E-state index contributed by atoms with van der Waals surface area (Å²) in [6.07, 6.45) is 1.40. The van der Waals surface area contributed by atoms with Crippen LogP contribution in [0.5, 0.6) is 0 Å². The zero-order valence-electron chi connectivity index (χ0n) is 15.2. The maximum absolute atomic E-state index is 12.1. The molecular formula is C21H17ClN2O5. The molecule has 29 heavy (non-hydrogen) atoms. The molecule has 3 aromatic rings. The topological polar surface area (TPSA) is 97.6 Å². The van der Waals surface area contributed by atoms with Crippen molar-refractivity contribution in [1.29, 1.82) is 0 Å². The largest absolute Gasteiger partial charge is 0.459 e. The first kappa shape index (κ1) is 20.2. The first-order chi connectivity index (χ1) is 14.0. The van der Waals surface area contributed by atoms with Crippen LogP contribution in [0.2, 0.25) is 5.02 Å². The van der Waals surface area contributed by atoms with E-state index in [0.717, 1.165) is 5.56 Å². The van der Waals surface area contributed by atoms with E-state index in [1.54, 1.807) is 42.5 Å². The third kappa shape index (κ3) is 5.95. The molecule has 0 spiro atoms. The predicted octanol–water partition coefficient (Wildman–Crippen LogP) is 3.66. The first-order valence-corrected chi connectivity index (χ1v) is 9.02. The van der Waals surface area contributed by atoms with Crippen molar-refractivity contribution >= 4 is 35.1 Å². The van der Waals surface area contributed by atoms with E-state index in [0.29, 0.717) is 10.7 Å². The van der Waals surface area contributed by atoms with Gasteiger partial charge in [0.2, 0.25) is 0 Å². The smallest absolute Gasteiger partial charge is 0.338 e. The Labute approximate surface area is 171 Å². The fraction of sp³-hybridized carbons (Fsp3) is 0.0952. The van der Waals surface area contributed by atoms with E-state index in [1.165, 1.54) is 18.4 Å². The van der Waals surface area contributed by atoms with Crippen molar-refractivity contribution in [2.75, 3.05) is 11.9 Å². The van der Waals surface area contributed by atoms with E-state index in [9.17, 15) is 14.4 Å². The van der Waals surface area contributed by atoms with Crippen LogP contribution in [0.25, 0.3) is 0 Å². The molecule has 1 aromatic heterocycles. The lowest BCUT2D eigenvalue weighted by molar-refractivity contribution is -0.124. The number of hydrogen-bond donors (Lipinski definition) is 2. The van der Waals surface area contributed by atoms with Crippen LogP contribution in [0.15, 0.2) is 71.3 Å². The number of rotatable bonds is 7. The molecule has 1 heterocycles. The van der Waals surface area contributed by atoms with Crippen LogP contribution in [-0.4, -0.2) is 24.4 Å². The van der Waals surface area contributed by atoms with Gasteiger partial charge in [0.05, 0.1) is 11.8 Å². The van der Waals surface area contributed by atoms with Crippen molar-refractivity contribution in [3.8, 4) is 0 Å². The fourth-order valence-corrected chi connectivity index (χ4v) is 2.62. The minimum absolute atomic E-state index is 0.178. The Morgan fingerprint density at radius 1 is 1.00 bits per heavy atom. The zero-order valence-corrected chi connectivity index (χ0v) is 15.9. The predicted molar refractivity (Wildman–Crippen MR) is 107 cm³/mol. The van der Waals surface area contributed by atoms with Crippen molar-refractivity contribution in [3.05, 3.63) is 88.8 Å². The van der Waals surface area contributed by atoms with Crippen LogP contribution in [0.3, 0.4) is 0 Å². The summed E-state index contributed by atoms with van der Waals surface area (Å²) < 4.78 is 10.0. The fourth-order valence-electron chi connectivity index (χ4n) is 2.40. The number of amides is 2. The molecule has 0 aliphatic carbocycles. The van der Waals surface area contributed by atoms with Crippen LogP contribution in [-0.2, 0) is 16.1 Å². The molecular weight excluding hydrogens is 396 g/mol. The molecule has 0 saturated heterocycles. The van der Waals surface area contributed by atoms with Gasteiger partial charge in [-0.25, -0.2) is 4.79 Å². The van der Waals surface area contributed by atoms with Crippen LogP contribution in [0.4, 0.5) is 5.69 Å². The lowest BCUT2D eigenvalue weighted by atomic mass is 10.2. The average molecular weight is 413 g/mol. The number of nitrogens with one attached hydrogen (secondary N) is 2. The van der Waals surface area contributed by atoms with E-state index >= 15 is 0 Å². The Morgan fingerprint density at radius 3 is 2.48 bits per heavy atom. The molecule has 7 nitrogen and oxygen atoms in total. The number of esters is 1. The van der Waals surface area contributed by atoms with Crippen molar-refractivity contribution in [2.24, 2.45) is 0 Å². The minimum Gasteiger partial charge on any atom is -0.459 e. The number of ether oxygens (including phenoxy) is 1. The summed E-state index contributed by atoms with van der Waals surface area (Å²) in [5.41, 5.74) is 1.58. The summed E-state index contributed by atoms with van der Waals surface area (Å²) in [5.74, 6) is -1.30. The lowest BCUT2D eigenvalue weighted by Gasteiger charge is -2.08. The van der Waals surface area contributed by atoms with Gasteiger partial charge in [0.15, 0.2) is 12.4 Å². The van der Waals surface area contributed by atoms with Gasteiger partial charge in [0.25, 0.3) is 11.8 Å². The van der Waals surface area contributed by atoms with Crippen LogP contribution >= 0.6 is 11.6 Å². The molecule has 0 aliphatic rings. The Balaban J connectivity index is 1.45. The zero-order chi connectivity index (χ0) is 20.6. The Bertz CT molecular complexity index is 1000. The highest BCUT2D eigenvalue weighted by Gasteiger charge is 2.12. The summed E-state index contributed by atoms with van der Waals surface area (Å²) in [6.45, 7) is -0.128. The number of halogens is 1. The number of carbonyl (C=O) groups excluding carboxylic acids is 3. The Morgan fingerprint density at radius 2 is 1.79 bits per heavy atom.